The number of unbranched alkanes of at least 4 members (excludes halogenated alkanes) is 18. The van der Waals surface area contributed by atoms with Crippen LogP contribution in [-0.2, 0) is 19.1 Å². The van der Waals surface area contributed by atoms with Gasteiger partial charge in [-0.15, -0.1) is 0 Å². The molecule has 0 heterocycles. The van der Waals surface area contributed by atoms with Gasteiger partial charge in [-0.25, -0.2) is 0 Å². The maximum absolute atomic E-state index is 12.0. The molecule has 0 rings (SSSR count). The van der Waals surface area contributed by atoms with Crippen LogP contribution in [0.1, 0.15) is 187 Å². The van der Waals surface area contributed by atoms with Crippen molar-refractivity contribution in [2.24, 2.45) is 0 Å². The Kier molecular flexibility index (Phi) is 36.9. The normalized spacial score (nSPS) is 13.3. The van der Waals surface area contributed by atoms with E-state index in [1.54, 1.807) is 0 Å². The molecule has 0 aromatic rings. The van der Waals surface area contributed by atoms with Crippen molar-refractivity contribution in [1.82, 2.24) is 0 Å². The van der Waals surface area contributed by atoms with Crippen molar-refractivity contribution < 1.29 is 29.3 Å². The number of carbonyl (C=O) groups is 2. The molecule has 49 heavy (non-hydrogen) atoms. The Morgan fingerprint density at radius 2 is 0.878 bits per heavy atom. The van der Waals surface area contributed by atoms with E-state index in [-0.39, 0.29) is 31.3 Å². The zero-order valence-corrected chi connectivity index (χ0v) is 31.8. The molecule has 6 heteroatoms. The summed E-state index contributed by atoms with van der Waals surface area (Å²) in [6, 6.07) is 0. The first kappa shape index (κ1) is 46.8. The monoisotopic (exact) mass is 689 g/mol. The van der Waals surface area contributed by atoms with Crippen molar-refractivity contribution in [2.75, 3.05) is 13.2 Å². The Morgan fingerprint density at radius 3 is 1.35 bits per heavy atom. The highest BCUT2D eigenvalue weighted by Crippen LogP contribution is 2.14. The second kappa shape index (κ2) is 38.6. The molecule has 0 aromatic carbocycles. The first-order valence-corrected chi connectivity index (χ1v) is 20.3. The van der Waals surface area contributed by atoms with Crippen LogP contribution in [0.5, 0.6) is 0 Å². The minimum Gasteiger partial charge on any atom is -0.463 e. The Hall–Kier alpha value is -2.18. The largest absolute Gasteiger partial charge is 0.463 e. The quantitative estimate of drug-likeness (QED) is 0.0387. The minimum absolute atomic E-state index is 0.141. The summed E-state index contributed by atoms with van der Waals surface area (Å²) in [6.45, 7) is 4.10. The van der Waals surface area contributed by atoms with Gasteiger partial charge in [0.25, 0.3) is 0 Å². The van der Waals surface area contributed by atoms with E-state index in [0.717, 1.165) is 64.2 Å². The topological polar surface area (TPSA) is 93.1 Å². The molecule has 0 aliphatic carbocycles. The first-order valence-electron chi connectivity index (χ1n) is 20.3. The number of ether oxygens (including phenoxy) is 2. The van der Waals surface area contributed by atoms with E-state index < -0.39 is 6.10 Å². The van der Waals surface area contributed by atoms with Gasteiger partial charge in [0, 0.05) is 12.8 Å². The summed E-state index contributed by atoms with van der Waals surface area (Å²) in [5.74, 6) is -0.647. The highest BCUT2D eigenvalue weighted by Gasteiger charge is 2.12. The van der Waals surface area contributed by atoms with Crippen molar-refractivity contribution in [2.45, 2.75) is 199 Å². The molecule has 0 radical (unpaired) electrons. The summed E-state index contributed by atoms with van der Waals surface area (Å²) in [4.78, 5) is 23.9. The number of aliphatic hydroxyl groups excluding tert-OH is 2. The summed E-state index contributed by atoms with van der Waals surface area (Å²) >= 11 is 0. The molecule has 0 bridgehead atoms. The van der Waals surface area contributed by atoms with Crippen LogP contribution in [0.15, 0.2) is 48.6 Å². The lowest BCUT2D eigenvalue weighted by Crippen LogP contribution is -2.25. The van der Waals surface area contributed by atoms with Crippen molar-refractivity contribution in [3.8, 4) is 0 Å². The zero-order valence-electron chi connectivity index (χ0n) is 31.8. The van der Waals surface area contributed by atoms with E-state index in [1.807, 2.05) is 12.2 Å². The molecule has 0 unspecified atom stereocenters. The predicted octanol–water partition coefficient (Wildman–Crippen LogP) is 11.6. The zero-order chi connectivity index (χ0) is 35.9. The molecule has 0 amide bonds. The molecule has 2 atom stereocenters. The highest BCUT2D eigenvalue weighted by molar-refractivity contribution is 5.69. The van der Waals surface area contributed by atoms with Crippen molar-refractivity contribution in [3.05, 3.63) is 48.6 Å². The lowest BCUT2D eigenvalue weighted by Gasteiger charge is -2.12. The molecule has 0 aromatic heterocycles. The van der Waals surface area contributed by atoms with Gasteiger partial charge >= 0.3 is 11.9 Å². The van der Waals surface area contributed by atoms with E-state index in [2.05, 4.69) is 50.3 Å². The molecular formula is C43H76O6. The standard InChI is InChI=1S/C43H76O6/c1-3-5-7-8-9-10-11-12-13-14-15-16-20-23-26-29-32-36-42(46)48-38-41(45)39-49-43(47)37-33-30-27-24-21-18-17-19-22-25-28-31-35-40(44)34-6-4-2/h17-18,22,24-25,27,31,35,40-41,44-45H,3-16,19-21,23,26,28-30,32-34,36-39H2,1-2H3/b18-17-,25-22-,27-24-,35-31-/t40-,41+/m0/s1. The SMILES string of the molecule is CCCCCCCCCCCCCCCCCCCC(=O)OC[C@@H](O)COC(=O)CCC/C=C\C/C=C\C/C=C\C/C=C\[C@@H](O)CCCC. The van der Waals surface area contributed by atoms with Crippen LogP contribution in [0.2, 0.25) is 0 Å². The van der Waals surface area contributed by atoms with E-state index in [1.165, 1.54) is 89.9 Å². The van der Waals surface area contributed by atoms with Crippen LogP contribution >= 0.6 is 0 Å². The number of carbonyl (C=O) groups excluding carboxylic acids is 2. The number of aliphatic hydroxyl groups is 2. The fourth-order valence-electron chi connectivity index (χ4n) is 5.51. The highest BCUT2D eigenvalue weighted by atomic mass is 16.6. The minimum atomic E-state index is -0.995. The fourth-order valence-corrected chi connectivity index (χ4v) is 5.51. The van der Waals surface area contributed by atoms with Gasteiger partial charge in [0.15, 0.2) is 0 Å². The average Bonchev–Trinajstić information content (AvgIpc) is 3.10. The first-order chi connectivity index (χ1) is 24.0. The Balaban J connectivity index is 3.54. The fraction of sp³-hybridized carbons (Fsp3) is 0.767. The summed E-state index contributed by atoms with van der Waals surface area (Å²) in [6.07, 6.45) is 45.1. The molecule has 0 saturated heterocycles. The lowest BCUT2D eigenvalue weighted by atomic mass is 10.0. The number of rotatable bonds is 36. The summed E-state index contributed by atoms with van der Waals surface area (Å²) in [7, 11) is 0. The molecule has 0 fully saturated rings. The predicted molar refractivity (Wildman–Crippen MR) is 206 cm³/mol. The van der Waals surface area contributed by atoms with Crippen LogP contribution in [0.4, 0.5) is 0 Å². The van der Waals surface area contributed by atoms with E-state index in [0.29, 0.717) is 19.3 Å². The van der Waals surface area contributed by atoms with Crippen molar-refractivity contribution in [3.63, 3.8) is 0 Å². The second-order valence-corrected chi connectivity index (χ2v) is 13.6. The molecular weight excluding hydrogens is 612 g/mol. The summed E-state index contributed by atoms with van der Waals surface area (Å²) < 4.78 is 10.3. The molecule has 2 N–H and O–H groups in total. The van der Waals surface area contributed by atoms with Crippen LogP contribution in [0.3, 0.4) is 0 Å². The summed E-state index contributed by atoms with van der Waals surface area (Å²) in [5, 5.41) is 19.8. The van der Waals surface area contributed by atoms with Crippen LogP contribution in [0, 0.1) is 0 Å². The van der Waals surface area contributed by atoms with Crippen LogP contribution in [-0.4, -0.2) is 47.6 Å². The third-order valence-electron chi connectivity index (χ3n) is 8.64. The van der Waals surface area contributed by atoms with E-state index in [9.17, 15) is 19.8 Å². The molecule has 0 spiro atoms. The van der Waals surface area contributed by atoms with Gasteiger partial charge in [-0.2, -0.15) is 0 Å². The molecule has 0 aliphatic heterocycles. The number of allylic oxidation sites excluding steroid dienone is 7. The van der Waals surface area contributed by atoms with E-state index in [4.69, 9.17) is 9.47 Å². The number of hydrogen-bond donors (Lipinski definition) is 2. The van der Waals surface area contributed by atoms with Crippen LogP contribution in [0.25, 0.3) is 0 Å². The molecule has 0 saturated carbocycles. The van der Waals surface area contributed by atoms with Crippen molar-refractivity contribution >= 4 is 11.9 Å². The van der Waals surface area contributed by atoms with E-state index >= 15 is 0 Å². The molecule has 6 nitrogen and oxygen atoms in total. The van der Waals surface area contributed by atoms with Gasteiger partial charge in [0.05, 0.1) is 6.10 Å². The van der Waals surface area contributed by atoms with Gasteiger partial charge in [-0.05, 0) is 44.9 Å². The maximum Gasteiger partial charge on any atom is 0.305 e. The molecule has 0 aliphatic rings. The average molecular weight is 689 g/mol. The van der Waals surface area contributed by atoms with Crippen molar-refractivity contribution in [1.29, 1.82) is 0 Å². The Labute approximate surface area is 301 Å². The van der Waals surface area contributed by atoms with Gasteiger partial charge in [-0.1, -0.05) is 178 Å². The molecule has 284 valence electrons. The van der Waals surface area contributed by atoms with Crippen LogP contribution < -0.4 is 0 Å². The number of esters is 2. The smallest absolute Gasteiger partial charge is 0.305 e. The van der Waals surface area contributed by atoms with Gasteiger partial charge in [0.1, 0.15) is 19.3 Å². The van der Waals surface area contributed by atoms with Gasteiger partial charge in [-0.3, -0.25) is 9.59 Å². The lowest BCUT2D eigenvalue weighted by molar-refractivity contribution is -0.152. The summed E-state index contributed by atoms with van der Waals surface area (Å²) in [5.41, 5.74) is 0. The van der Waals surface area contributed by atoms with Gasteiger partial charge < -0.3 is 19.7 Å². The number of hydrogen-bond acceptors (Lipinski definition) is 6. The van der Waals surface area contributed by atoms with Gasteiger partial charge in [0.2, 0.25) is 0 Å². The Bertz CT molecular complexity index is 845. The maximum atomic E-state index is 12.0. The Morgan fingerprint density at radius 1 is 0.490 bits per heavy atom. The second-order valence-electron chi connectivity index (χ2n) is 13.6. The third kappa shape index (κ3) is 38.5. The third-order valence-corrected chi connectivity index (χ3v) is 8.64.